The molecular formula is C14H24N2O2. The smallest absolute Gasteiger partial charge is 0.252 e. The highest BCUT2D eigenvalue weighted by Gasteiger charge is 2.38. The average molecular weight is 252 g/mol. The molecule has 0 aromatic carbocycles. The van der Waals surface area contributed by atoms with Crippen molar-refractivity contribution in [2.45, 2.75) is 63.1 Å². The molecule has 0 aromatic heterocycles. The van der Waals surface area contributed by atoms with Crippen molar-refractivity contribution in [1.82, 2.24) is 10.2 Å². The summed E-state index contributed by atoms with van der Waals surface area (Å²) >= 11 is 0. The monoisotopic (exact) mass is 252 g/mol. The molecule has 1 amide bonds. The van der Waals surface area contributed by atoms with Crippen LogP contribution in [0.3, 0.4) is 0 Å². The number of hydrogen-bond acceptors (Lipinski definition) is 3. The largest absolute Gasteiger partial charge is 0.368 e. The third-order valence-corrected chi connectivity index (χ3v) is 4.31. The van der Waals surface area contributed by atoms with Crippen LogP contribution in [0.15, 0.2) is 0 Å². The molecule has 2 saturated heterocycles. The number of ether oxygens (including phenoxy) is 1. The van der Waals surface area contributed by atoms with Crippen molar-refractivity contribution >= 4 is 5.91 Å². The molecule has 3 fully saturated rings. The van der Waals surface area contributed by atoms with E-state index in [1.54, 1.807) is 0 Å². The number of amides is 1. The Morgan fingerprint density at radius 2 is 2.06 bits per heavy atom. The van der Waals surface area contributed by atoms with Crippen LogP contribution >= 0.6 is 0 Å². The topological polar surface area (TPSA) is 41.6 Å². The van der Waals surface area contributed by atoms with Gasteiger partial charge in [-0.15, -0.1) is 0 Å². The van der Waals surface area contributed by atoms with Crippen molar-refractivity contribution < 1.29 is 9.53 Å². The molecule has 0 bridgehead atoms. The van der Waals surface area contributed by atoms with Crippen molar-refractivity contribution in [3.63, 3.8) is 0 Å². The van der Waals surface area contributed by atoms with Gasteiger partial charge < -0.3 is 15.0 Å². The lowest BCUT2D eigenvalue weighted by Gasteiger charge is -2.32. The van der Waals surface area contributed by atoms with Crippen molar-refractivity contribution in [1.29, 1.82) is 0 Å². The molecule has 1 unspecified atom stereocenters. The first kappa shape index (κ1) is 12.4. The fourth-order valence-corrected chi connectivity index (χ4v) is 3.08. The van der Waals surface area contributed by atoms with Gasteiger partial charge in [0.25, 0.3) is 5.91 Å². The molecule has 0 radical (unpaired) electrons. The Kier molecular flexibility index (Phi) is 3.85. The normalized spacial score (nSPS) is 32.4. The lowest BCUT2D eigenvalue weighted by molar-refractivity contribution is -0.142. The van der Waals surface area contributed by atoms with Gasteiger partial charge in [-0.2, -0.15) is 0 Å². The summed E-state index contributed by atoms with van der Waals surface area (Å²) in [7, 11) is 0. The van der Waals surface area contributed by atoms with E-state index in [2.05, 4.69) is 10.2 Å². The third-order valence-electron chi connectivity index (χ3n) is 4.31. The van der Waals surface area contributed by atoms with E-state index in [0.717, 1.165) is 32.5 Å². The lowest BCUT2D eigenvalue weighted by atomic mass is 10.0. The Labute approximate surface area is 109 Å². The molecule has 102 valence electrons. The third kappa shape index (κ3) is 2.86. The standard InChI is InChI=1S/C14H24N2O2/c17-14(13-5-3-9-18-13)16(12-6-7-12)10-11-4-1-2-8-15-11/h11-13,15H,1-10H2/t11?,13-/m0/s1. The van der Waals surface area contributed by atoms with Gasteiger partial charge in [-0.3, -0.25) is 4.79 Å². The summed E-state index contributed by atoms with van der Waals surface area (Å²) < 4.78 is 5.55. The van der Waals surface area contributed by atoms with Crippen LogP contribution in [-0.2, 0) is 9.53 Å². The summed E-state index contributed by atoms with van der Waals surface area (Å²) in [5.74, 6) is 0.252. The molecule has 1 saturated carbocycles. The Balaban J connectivity index is 1.58. The minimum atomic E-state index is -0.144. The Morgan fingerprint density at radius 3 is 2.67 bits per heavy atom. The maximum Gasteiger partial charge on any atom is 0.252 e. The maximum atomic E-state index is 12.5. The average Bonchev–Trinajstić information content (AvgIpc) is 3.10. The van der Waals surface area contributed by atoms with Crippen molar-refractivity contribution in [2.24, 2.45) is 0 Å². The number of carbonyl (C=O) groups excluding carboxylic acids is 1. The van der Waals surface area contributed by atoms with Crippen LogP contribution in [0.1, 0.15) is 44.9 Å². The van der Waals surface area contributed by atoms with E-state index in [1.165, 1.54) is 32.1 Å². The van der Waals surface area contributed by atoms with Gasteiger partial charge in [-0.1, -0.05) is 6.42 Å². The van der Waals surface area contributed by atoms with Gasteiger partial charge >= 0.3 is 0 Å². The molecule has 4 heteroatoms. The van der Waals surface area contributed by atoms with Gasteiger partial charge in [0.2, 0.25) is 0 Å². The van der Waals surface area contributed by atoms with Gasteiger partial charge in [0.05, 0.1) is 0 Å². The van der Waals surface area contributed by atoms with Crippen molar-refractivity contribution in [3.05, 3.63) is 0 Å². The molecular weight excluding hydrogens is 228 g/mol. The molecule has 3 rings (SSSR count). The minimum absolute atomic E-state index is 0.144. The summed E-state index contributed by atoms with van der Waals surface area (Å²) in [4.78, 5) is 14.6. The van der Waals surface area contributed by atoms with Gasteiger partial charge in [-0.25, -0.2) is 0 Å². The Bertz CT molecular complexity index is 292. The molecule has 0 spiro atoms. The first-order valence-corrected chi connectivity index (χ1v) is 7.50. The van der Waals surface area contributed by atoms with Crippen molar-refractivity contribution in [2.75, 3.05) is 19.7 Å². The number of nitrogens with zero attached hydrogens (tertiary/aromatic N) is 1. The highest BCUT2D eigenvalue weighted by Crippen LogP contribution is 2.29. The lowest BCUT2D eigenvalue weighted by Crippen LogP contribution is -2.49. The Morgan fingerprint density at radius 1 is 1.17 bits per heavy atom. The molecule has 3 aliphatic rings. The molecule has 2 heterocycles. The van der Waals surface area contributed by atoms with Crippen LogP contribution in [0.2, 0.25) is 0 Å². The summed E-state index contributed by atoms with van der Waals surface area (Å²) in [5, 5.41) is 3.54. The second-order valence-corrected chi connectivity index (χ2v) is 5.87. The Hall–Kier alpha value is -0.610. The summed E-state index contributed by atoms with van der Waals surface area (Å²) in [6, 6.07) is 1.01. The molecule has 0 aromatic rings. The van der Waals surface area contributed by atoms with Gasteiger partial charge in [0.15, 0.2) is 0 Å². The van der Waals surface area contributed by atoms with Crippen LogP contribution in [-0.4, -0.2) is 48.7 Å². The van der Waals surface area contributed by atoms with Crippen LogP contribution in [0.4, 0.5) is 0 Å². The number of piperidine rings is 1. The summed E-state index contributed by atoms with van der Waals surface area (Å²) in [5.41, 5.74) is 0. The van der Waals surface area contributed by atoms with E-state index >= 15 is 0 Å². The number of hydrogen-bond donors (Lipinski definition) is 1. The minimum Gasteiger partial charge on any atom is -0.368 e. The number of rotatable bonds is 4. The maximum absolute atomic E-state index is 12.5. The van der Waals surface area contributed by atoms with E-state index < -0.39 is 0 Å². The first-order valence-electron chi connectivity index (χ1n) is 7.50. The summed E-state index contributed by atoms with van der Waals surface area (Å²) in [6.45, 7) is 2.76. The van der Waals surface area contributed by atoms with E-state index in [-0.39, 0.29) is 12.0 Å². The highest BCUT2D eigenvalue weighted by molar-refractivity contribution is 5.81. The molecule has 18 heavy (non-hydrogen) atoms. The predicted molar refractivity (Wildman–Crippen MR) is 69.4 cm³/mol. The molecule has 4 nitrogen and oxygen atoms in total. The van der Waals surface area contributed by atoms with E-state index in [9.17, 15) is 4.79 Å². The fraction of sp³-hybridized carbons (Fsp3) is 0.929. The highest BCUT2D eigenvalue weighted by atomic mass is 16.5. The van der Waals surface area contributed by atoms with Crippen LogP contribution in [0.5, 0.6) is 0 Å². The number of nitrogens with one attached hydrogen (secondary N) is 1. The second-order valence-electron chi connectivity index (χ2n) is 5.87. The van der Waals surface area contributed by atoms with Crippen molar-refractivity contribution in [3.8, 4) is 0 Å². The summed E-state index contributed by atoms with van der Waals surface area (Å²) in [6.07, 6.45) is 7.97. The van der Waals surface area contributed by atoms with E-state index in [1.807, 2.05) is 0 Å². The van der Waals surface area contributed by atoms with Crippen LogP contribution < -0.4 is 5.32 Å². The van der Waals surface area contributed by atoms with E-state index in [4.69, 9.17) is 4.74 Å². The first-order chi connectivity index (χ1) is 8.84. The van der Waals surface area contributed by atoms with Gasteiger partial charge in [0, 0.05) is 25.2 Å². The SMILES string of the molecule is O=C([C@@H]1CCCO1)N(CC1CCCCN1)C1CC1. The zero-order valence-corrected chi connectivity index (χ0v) is 11.1. The molecule has 1 N–H and O–H groups in total. The fourth-order valence-electron chi connectivity index (χ4n) is 3.08. The van der Waals surface area contributed by atoms with E-state index in [0.29, 0.717) is 12.1 Å². The van der Waals surface area contributed by atoms with Gasteiger partial charge in [-0.05, 0) is 45.1 Å². The molecule has 2 aliphatic heterocycles. The number of carbonyl (C=O) groups is 1. The zero-order valence-electron chi connectivity index (χ0n) is 11.1. The predicted octanol–water partition coefficient (Wildman–Crippen LogP) is 1.30. The quantitative estimate of drug-likeness (QED) is 0.820. The van der Waals surface area contributed by atoms with Crippen LogP contribution in [0.25, 0.3) is 0 Å². The van der Waals surface area contributed by atoms with Crippen LogP contribution in [0, 0.1) is 0 Å². The second kappa shape index (κ2) is 5.57. The zero-order chi connectivity index (χ0) is 12.4. The van der Waals surface area contributed by atoms with Gasteiger partial charge in [0.1, 0.15) is 6.10 Å². The molecule has 2 atom stereocenters. The molecule has 1 aliphatic carbocycles.